The molecule has 0 saturated carbocycles. The van der Waals surface area contributed by atoms with Gasteiger partial charge in [0, 0.05) is 6.54 Å². The van der Waals surface area contributed by atoms with Gasteiger partial charge in [-0.25, -0.2) is 0 Å². The van der Waals surface area contributed by atoms with Crippen LogP contribution in [-0.2, 0) is 11.3 Å². The Hall–Kier alpha value is -1.55. The molecule has 0 bridgehead atoms. The Balaban J connectivity index is 0.000000325. The highest BCUT2D eigenvalue weighted by molar-refractivity contribution is 5.72. The molecule has 17 heavy (non-hydrogen) atoms. The molecule has 0 spiro atoms. The van der Waals surface area contributed by atoms with Crippen LogP contribution in [0.3, 0.4) is 0 Å². The molecule has 96 valence electrons. The lowest BCUT2D eigenvalue weighted by atomic mass is 9.98. The fourth-order valence-electron chi connectivity index (χ4n) is 0.762. The number of ether oxygens (including phenoxy) is 1. The summed E-state index contributed by atoms with van der Waals surface area (Å²) in [5.41, 5.74) is 5.94. The van der Waals surface area contributed by atoms with Gasteiger partial charge in [-0.2, -0.15) is 0 Å². The summed E-state index contributed by atoms with van der Waals surface area (Å²) in [7, 11) is 1.65. The topological polar surface area (TPSA) is 72.5 Å². The van der Waals surface area contributed by atoms with E-state index < -0.39 is 11.4 Å². The van der Waals surface area contributed by atoms with E-state index >= 15 is 0 Å². The molecule has 1 aromatic carbocycles. The molecule has 0 aliphatic rings. The fraction of sp³-hybridized carbons (Fsp3) is 0.462. The van der Waals surface area contributed by atoms with Crippen molar-refractivity contribution < 1.29 is 14.6 Å². The smallest absolute Gasteiger partial charge is 0.308 e. The molecule has 0 fully saturated rings. The number of benzene rings is 1. The first-order valence-corrected chi connectivity index (χ1v) is 5.37. The van der Waals surface area contributed by atoms with Gasteiger partial charge in [0.15, 0.2) is 0 Å². The van der Waals surface area contributed by atoms with E-state index in [0.29, 0.717) is 6.54 Å². The van der Waals surface area contributed by atoms with Crippen LogP contribution in [0.15, 0.2) is 24.3 Å². The van der Waals surface area contributed by atoms with Crippen LogP contribution < -0.4 is 10.5 Å². The summed E-state index contributed by atoms with van der Waals surface area (Å²) in [6.45, 7) is 5.57. The highest BCUT2D eigenvalue weighted by Gasteiger charge is 2.18. The molecule has 0 aliphatic carbocycles. The van der Waals surface area contributed by atoms with Crippen molar-refractivity contribution in [2.24, 2.45) is 11.1 Å². The molecular weight excluding hydrogens is 218 g/mol. The highest BCUT2D eigenvalue weighted by atomic mass is 16.5. The van der Waals surface area contributed by atoms with Gasteiger partial charge in [0.25, 0.3) is 0 Å². The van der Waals surface area contributed by atoms with E-state index in [-0.39, 0.29) is 0 Å². The molecule has 0 aromatic heterocycles. The number of nitrogens with two attached hydrogens (primary N) is 1. The lowest BCUT2D eigenvalue weighted by Crippen LogP contribution is -2.18. The van der Waals surface area contributed by atoms with Gasteiger partial charge in [-0.15, -0.1) is 0 Å². The van der Waals surface area contributed by atoms with E-state index in [1.54, 1.807) is 27.9 Å². The third-order valence-electron chi connectivity index (χ3n) is 2.04. The lowest BCUT2D eigenvalue weighted by molar-refractivity contribution is -0.145. The predicted molar refractivity (Wildman–Crippen MR) is 68.0 cm³/mol. The van der Waals surface area contributed by atoms with Gasteiger partial charge < -0.3 is 15.6 Å². The van der Waals surface area contributed by atoms with Crippen LogP contribution in [0.2, 0.25) is 0 Å². The molecule has 0 heterocycles. The quantitative estimate of drug-likeness (QED) is 0.830. The maximum absolute atomic E-state index is 10.0. The van der Waals surface area contributed by atoms with Gasteiger partial charge in [0.05, 0.1) is 12.5 Å². The average Bonchev–Trinajstić information content (AvgIpc) is 2.28. The minimum Gasteiger partial charge on any atom is -0.497 e. The summed E-state index contributed by atoms with van der Waals surface area (Å²) >= 11 is 0. The molecule has 0 radical (unpaired) electrons. The first-order chi connectivity index (χ1) is 7.81. The molecule has 0 amide bonds. The van der Waals surface area contributed by atoms with Crippen molar-refractivity contribution in [1.82, 2.24) is 0 Å². The number of methoxy groups -OCH3 is 1. The molecule has 4 heteroatoms. The molecular formula is C13H21NO3. The number of carboxylic acid groups (broad SMARTS) is 1. The normalized spacial score (nSPS) is 10.2. The van der Waals surface area contributed by atoms with Crippen molar-refractivity contribution in [2.75, 3.05) is 7.11 Å². The molecule has 1 aromatic rings. The molecule has 1 rings (SSSR count). The van der Waals surface area contributed by atoms with E-state index in [1.165, 1.54) is 0 Å². The van der Waals surface area contributed by atoms with Crippen molar-refractivity contribution in [3.05, 3.63) is 29.8 Å². The summed E-state index contributed by atoms with van der Waals surface area (Å²) in [5.74, 6) is 0.115. The van der Waals surface area contributed by atoms with Gasteiger partial charge in [-0.05, 0) is 38.5 Å². The van der Waals surface area contributed by atoms with Crippen molar-refractivity contribution >= 4 is 5.97 Å². The molecule has 0 atom stereocenters. The Morgan fingerprint density at radius 2 is 1.71 bits per heavy atom. The maximum atomic E-state index is 10.0. The van der Waals surface area contributed by atoms with E-state index in [9.17, 15) is 4.79 Å². The fourth-order valence-corrected chi connectivity index (χ4v) is 0.762. The van der Waals surface area contributed by atoms with Crippen LogP contribution in [0.4, 0.5) is 0 Å². The summed E-state index contributed by atoms with van der Waals surface area (Å²) in [6, 6.07) is 7.72. The Kier molecular flexibility index (Phi) is 6.28. The molecule has 0 aliphatic heterocycles. The zero-order valence-corrected chi connectivity index (χ0v) is 10.9. The van der Waals surface area contributed by atoms with Crippen LogP contribution in [0.5, 0.6) is 5.75 Å². The van der Waals surface area contributed by atoms with Crippen molar-refractivity contribution in [3.63, 3.8) is 0 Å². The number of carboxylic acids is 1. The second-order valence-corrected chi connectivity index (χ2v) is 4.61. The van der Waals surface area contributed by atoms with Gasteiger partial charge >= 0.3 is 5.97 Å². The number of carbonyl (C=O) groups is 1. The standard InChI is InChI=1S/C8H11NO.C5H10O2/c1-10-8-4-2-7(6-9)3-5-8;1-5(2,3)4(6)7/h2-5H,6,9H2,1H3;1-3H3,(H,6,7). The summed E-state index contributed by atoms with van der Waals surface area (Å²) < 4.78 is 4.97. The van der Waals surface area contributed by atoms with E-state index in [1.807, 2.05) is 24.3 Å². The van der Waals surface area contributed by atoms with Gasteiger partial charge in [-0.1, -0.05) is 12.1 Å². The lowest BCUT2D eigenvalue weighted by Gasteiger charge is -2.08. The van der Waals surface area contributed by atoms with Gasteiger partial charge in [-0.3, -0.25) is 4.79 Å². The molecule has 4 nitrogen and oxygen atoms in total. The van der Waals surface area contributed by atoms with Crippen molar-refractivity contribution in [1.29, 1.82) is 0 Å². The Labute approximate surface area is 102 Å². The first-order valence-electron chi connectivity index (χ1n) is 5.37. The molecule has 0 unspecified atom stereocenters. The minimum atomic E-state index is -0.757. The van der Waals surface area contributed by atoms with Crippen LogP contribution in [0.1, 0.15) is 26.3 Å². The summed E-state index contributed by atoms with van der Waals surface area (Å²) in [4.78, 5) is 10.0. The Morgan fingerprint density at radius 1 is 1.29 bits per heavy atom. The van der Waals surface area contributed by atoms with E-state index in [0.717, 1.165) is 11.3 Å². The van der Waals surface area contributed by atoms with Crippen LogP contribution in [0, 0.1) is 5.41 Å². The molecule has 3 N–H and O–H groups in total. The molecule has 0 saturated heterocycles. The predicted octanol–water partition coefficient (Wildman–Crippen LogP) is 2.27. The second kappa shape index (κ2) is 6.91. The van der Waals surface area contributed by atoms with Gasteiger partial charge in [0.1, 0.15) is 5.75 Å². The maximum Gasteiger partial charge on any atom is 0.308 e. The summed E-state index contributed by atoms with van der Waals surface area (Å²) in [6.07, 6.45) is 0. The number of rotatable bonds is 2. The van der Waals surface area contributed by atoms with Crippen LogP contribution in [-0.4, -0.2) is 18.2 Å². The zero-order valence-electron chi connectivity index (χ0n) is 10.9. The second-order valence-electron chi connectivity index (χ2n) is 4.61. The van der Waals surface area contributed by atoms with Crippen LogP contribution in [0.25, 0.3) is 0 Å². The number of hydrogen-bond donors (Lipinski definition) is 2. The van der Waals surface area contributed by atoms with Crippen molar-refractivity contribution in [3.8, 4) is 5.75 Å². The third kappa shape index (κ3) is 6.58. The minimum absolute atomic E-state index is 0.583. The SMILES string of the molecule is CC(C)(C)C(=O)O.COc1ccc(CN)cc1. The summed E-state index contributed by atoms with van der Waals surface area (Å²) in [5, 5.41) is 8.25. The third-order valence-corrected chi connectivity index (χ3v) is 2.04. The van der Waals surface area contributed by atoms with E-state index in [2.05, 4.69) is 0 Å². The Bertz CT molecular complexity index is 316. The highest BCUT2D eigenvalue weighted by Crippen LogP contribution is 2.11. The number of aliphatic carboxylic acids is 1. The number of hydrogen-bond acceptors (Lipinski definition) is 3. The van der Waals surface area contributed by atoms with Gasteiger partial charge in [0.2, 0.25) is 0 Å². The van der Waals surface area contributed by atoms with Crippen molar-refractivity contribution in [2.45, 2.75) is 27.3 Å². The zero-order chi connectivity index (χ0) is 13.5. The monoisotopic (exact) mass is 239 g/mol. The Morgan fingerprint density at radius 3 is 1.94 bits per heavy atom. The average molecular weight is 239 g/mol. The van der Waals surface area contributed by atoms with E-state index in [4.69, 9.17) is 15.6 Å². The van der Waals surface area contributed by atoms with Crippen LogP contribution >= 0.6 is 0 Å². The first kappa shape index (κ1) is 15.4. The largest absolute Gasteiger partial charge is 0.497 e.